The van der Waals surface area contributed by atoms with Crippen LogP contribution in [-0.2, 0) is 0 Å². The fourth-order valence-electron chi connectivity index (χ4n) is 1.07. The van der Waals surface area contributed by atoms with Crippen molar-refractivity contribution >= 4 is 6.21 Å². The van der Waals surface area contributed by atoms with Crippen molar-refractivity contribution in [2.75, 3.05) is 6.54 Å². The van der Waals surface area contributed by atoms with Gasteiger partial charge < -0.3 is 10.2 Å². The third kappa shape index (κ3) is 2.76. The summed E-state index contributed by atoms with van der Waals surface area (Å²) < 4.78 is 0. The van der Waals surface area contributed by atoms with Crippen molar-refractivity contribution in [1.82, 2.24) is 0 Å². The second-order valence-electron chi connectivity index (χ2n) is 3.10. The van der Waals surface area contributed by atoms with Crippen LogP contribution in [0.25, 0.3) is 0 Å². The van der Waals surface area contributed by atoms with Crippen LogP contribution < -0.4 is 0 Å². The topological polar surface area (TPSA) is 52.8 Å². The van der Waals surface area contributed by atoms with E-state index in [-0.39, 0.29) is 11.5 Å². The van der Waals surface area contributed by atoms with Crippen molar-refractivity contribution < 1.29 is 10.2 Å². The number of phenols is 2. The lowest BCUT2D eigenvalue weighted by atomic mass is 10.2. The summed E-state index contributed by atoms with van der Waals surface area (Å²) in [5.74, 6) is -0.211. The molecule has 0 atom stereocenters. The Morgan fingerprint density at radius 2 is 2.14 bits per heavy atom. The highest BCUT2D eigenvalue weighted by molar-refractivity contribution is 5.84. The van der Waals surface area contributed by atoms with Gasteiger partial charge in [-0.05, 0) is 18.6 Å². The van der Waals surface area contributed by atoms with Gasteiger partial charge in [0.15, 0.2) is 11.5 Å². The van der Waals surface area contributed by atoms with Crippen LogP contribution in [-0.4, -0.2) is 23.0 Å². The number of rotatable bonds is 4. The lowest BCUT2D eigenvalue weighted by molar-refractivity contribution is 0.403. The van der Waals surface area contributed by atoms with Gasteiger partial charge in [-0.2, -0.15) is 0 Å². The molecule has 0 amide bonds. The largest absolute Gasteiger partial charge is 0.504 e. The van der Waals surface area contributed by atoms with Crippen molar-refractivity contribution in [2.45, 2.75) is 19.8 Å². The molecule has 0 fully saturated rings. The van der Waals surface area contributed by atoms with Gasteiger partial charge in [-0.25, -0.2) is 0 Å². The molecule has 0 unspecified atom stereocenters. The molecule has 0 spiro atoms. The predicted molar refractivity (Wildman–Crippen MR) is 57.1 cm³/mol. The molecule has 0 aliphatic rings. The number of hydrogen-bond acceptors (Lipinski definition) is 3. The Bertz CT molecular complexity index is 321. The lowest BCUT2D eigenvalue weighted by Gasteiger charge is -2.00. The van der Waals surface area contributed by atoms with E-state index in [1.807, 2.05) is 0 Å². The standard InChI is InChI=1S/C11H15NO2/c1-2-3-7-12-8-9-5-4-6-10(13)11(9)14/h4-6,8,13-14H,2-3,7H2,1H3/b12-8-. The first-order valence-corrected chi connectivity index (χ1v) is 4.76. The molecule has 0 aliphatic heterocycles. The molecule has 2 N–H and O–H groups in total. The van der Waals surface area contributed by atoms with E-state index in [1.165, 1.54) is 6.07 Å². The summed E-state index contributed by atoms with van der Waals surface area (Å²) in [7, 11) is 0. The monoisotopic (exact) mass is 193 g/mol. The van der Waals surface area contributed by atoms with Gasteiger partial charge in [0, 0.05) is 18.3 Å². The van der Waals surface area contributed by atoms with E-state index in [4.69, 9.17) is 0 Å². The number of unbranched alkanes of at least 4 members (excludes halogenated alkanes) is 1. The zero-order valence-electron chi connectivity index (χ0n) is 8.27. The molecule has 0 aliphatic carbocycles. The van der Waals surface area contributed by atoms with Gasteiger partial charge in [0.2, 0.25) is 0 Å². The number of phenolic OH excluding ortho intramolecular Hbond substituents is 2. The molecule has 0 saturated carbocycles. The number of aromatic hydroxyl groups is 2. The highest BCUT2D eigenvalue weighted by atomic mass is 16.3. The minimum absolute atomic E-state index is 0.104. The minimum Gasteiger partial charge on any atom is -0.504 e. The first kappa shape index (κ1) is 10.6. The molecular formula is C11H15NO2. The molecule has 0 heterocycles. The number of para-hydroxylation sites is 1. The highest BCUT2D eigenvalue weighted by Gasteiger charge is 2.01. The Morgan fingerprint density at radius 3 is 2.86 bits per heavy atom. The van der Waals surface area contributed by atoms with Crippen LogP contribution in [0.15, 0.2) is 23.2 Å². The van der Waals surface area contributed by atoms with Crippen LogP contribution in [0.5, 0.6) is 11.5 Å². The molecule has 3 heteroatoms. The molecule has 1 aromatic carbocycles. The molecule has 0 saturated heterocycles. The number of nitrogens with zero attached hydrogens (tertiary/aromatic N) is 1. The maximum absolute atomic E-state index is 9.41. The molecule has 1 aromatic rings. The summed E-state index contributed by atoms with van der Waals surface area (Å²) in [6.45, 7) is 2.85. The average molecular weight is 193 g/mol. The molecule has 14 heavy (non-hydrogen) atoms. The molecule has 0 radical (unpaired) electrons. The van der Waals surface area contributed by atoms with Crippen LogP contribution in [0, 0.1) is 0 Å². The molecule has 3 nitrogen and oxygen atoms in total. The zero-order valence-corrected chi connectivity index (χ0v) is 8.27. The van der Waals surface area contributed by atoms with Gasteiger partial charge in [-0.15, -0.1) is 0 Å². The van der Waals surface area contributed by atoms with Crippen molar-refractivity contribution in [3.8, 4) is 11.5 Å². The Labute approximate surface area is 83.7 Å². The second-order valence-corrected chi connectivity index (χ2v) is 3.10. The van der Waals surface area contributed by atoms with Crippen molar-refractivity contribution in [1.29, 1.82) is 0 Å². The summed E-state index contributed by atoms with van der Waals surface area (Å²) in [6.07, 6.45) is 3.73. The van der Waals surface area contributed by atoms with Crippen molar-refractivity contribution in [3.63, 3.8) is 0 Å². The Hall–Kier alpha value is -1.51. The van der Waals surface area contributed by atoms with E-state index in [2.05, 4.69) is 11.9 Å². The van der Waals surface area contributed by atoms with Crippen molar-refractivity contribution in [3.05, 3.63) is 23.8 Å². The van der Waals surface area contributed by atoms with Crippen LogP contribution in [0.1, 0.15) is 25.3 Å². The summed E-state index contributed by atoms with van der Waals surface area (Å²) in [5.41, 5.74) is 0.557. The van der Waals surface area contributed by atoms with E-state index in [0.29, 0.717) is 5.56 Å². The summed E-state index contributed by atoms with van der Waals surface area (Å²) in [5, 5.41) is 18.6. The van der Waals surface area contributed by atoms with Gasteiger partial charge in [0.25, 0.3) is 0 Å². The Morgan fingerprint density at radius 1 is 1.36 bits per heavy atom. The zero-order chi connectivity index (χ0) is 10.4. The highest BCUT2D eigenvalue weighted by Crippen LogP contribution is 2.26. The van der Waals surface area contributed by atoms with E-state index in [1.54, 1.807) is 18.3 Å². The predicted octanol–water partition coefficient (Wildman–Crippen LogP) is 2.32. The van der Waals surface area contributed by atoms with Crippen LogP contribution in [0.2, 0.25) is 0 Å². The number of hydrogen-bond donors (Lipinski definition) is 2. The molecule has 1 rings (SSSR count). The maximum atomic E-state index is 9.41. The van der Waals surface area contributed by atoms with Crippen LogP contribution >= 0.6 is 0 Å². The van der Waals surface area contributed by atoms with E-state index >= 15 is 0 Å². The lowest BCUT2D eigenvalue weighted by Crippen LogP contribution is -1.85. The molecular weight excluding hydrogens is 178 g/mol. The Balaban J connectivity index is 2.67. The van der Waals surface area contributed by atoms with E-state index in [9.17, 15) is 10.2 Å². The van der Waals surface area contributed by atoms with E-state index < -0.39 is 0 Å². The smallest absolute Gasteiger partial charge is 0.166 e. The van der Waals surface area contributed by atoms with Crippen LogP contribution in [0.4, 0.5) is 0 Å². The van der Waals surface area contributed by atoms with Gasteiger partial charge in [-0.1, -0.05) is 19.4 Å². The van der Waals surface area contributed by atoms with Crippen molar-refractivity contribution in [2.24, 2.45) is 4.99 Å². The normalized spacial score (nSPS) is 10.9. The molecule has 0 aromatic heterocycles. The van der Waals surface area contributed by atoms with Crippen LogP contribution in [0.3, 0.4) is 0 Å². The number of aliphatic imine (C=N–C) groups is 1. The van der Waals surface area contributed by atoms with Gasteiger partial charge >= 0.3 is 0 Å². The van der Waals surface area contributed by atoms with Gasteiger partial charge in [-0.3, -0.25) is 4.99 Å². The third-order valence-electron chi connectivity index (χ3n) is 1.92. The molecule has 0 bridgehead atoms. The van der Waals surface area contributed by atoms with Gasteiger partial charge in [0.05, 0.1) is 0 Å². The van der Waals surface area contributed by atoms with Gasteiger partial charge in [0.1, 0.15) is 0 Å². The second kappa shape index (κ2) is 5.27. The number of benzene rings is 1. The summed E-state index contributed by atoms with van der Waals surface area (Å²) in [4.78, 5) is 4.14. The molecule has 76 valence electrons. The minimum atomic E-state index is -0.107. The average Bonchev–Trinajstić information content (AvgIpc) is 2.19. The fourth-order valence-corrected chi connectivity index (χ4v) is 1.07. The fraction of sp³-hybridized carbons (Fsp3) is 0.364. The quantitative estimate of drug-likeness (QED) is 0.438. The third-order valence-corrected chi connectivity index (χ3v) is 1.92. The summed E-state index contributed by atoms with van der Waals surface area (Å²) in [6, 6.07) is 4.83. The van der Waals surface area contributed by atoms with E-state index in [0.717, 1.165) is 19.4 Å². The summed E-state index contributed by atoms with van der Waals surface area (Å²) >= 11 is 0. The first-order chi connectivity index (χ1) is 6.75. The SMILES string of the molecule is CCCC/N=C\c1cccc(O)c1O. The maximum Gasteiger partial charge on any atom is 0.166 e. The first-order valence-electron chi connectivity index (χ1n) is 4.76. The Kier molecular flexibility index (Phi) is 3.98.